The zero-order chi connectivity index (χ0) is 19.8. The summed E-state index contributed by atoms with van der Waals surface area (Å²) in [5.74, 6) is 0.744. The molecule has 27 heavy (non-hydrogen) atoms. The van der Waals surface area contributed by atoms with Gasteiger partial charge in [0.05, 0.1) is 12.3 Å². The van der Waals surface area contributed by atoms with Crippen LogP contribution in [0.1, 0.15) is 81.6 Å². The predicted octanol–water partition coefficient (Wildman–Crippen LogP) is 4.23. The molecule has 2 aliphatic carbocycles. The Labute approximate surface area is 158 Å². The molecule has 0 saturated heterocycles. The van der Waals surface area contributed by atoms with Crippen LogP contribution in [0.5, 0.6) is 0 Å². The standard InChI is InChI=1S/C18H28F3N3O2S/c1-12-3-5-13(6-4-12)16-11-17(18(19,20)21)22-24(16)15-9-7-14(8-10-15)23-27(2,25)26/h11-15,23H,3-10H2,1-2H3. The number of aromatic nitrogens is 2. The van der Waals surface area contributed by atoms with Crippen molar-refractivity contribution in [3.05, 3.63) is 17.5 Å². The Balaban J connectivity index is 1.79. The third-order valence-electron chi connectivity index (χ3n) is 5.91. The number of nitrogens with zero attached hydrogens (tertiary/aromatic N) is 2. The van der Waals surface area contributed by atoms with E-state index in [0.29, 0.717) is 37.3 Å². The third-order valence-corrected chi connectivity index (χ3v) is 6.67. The number of rotatable bonds is 4. The van der Waals surface area contributed by atoms with Crippen molar-refractivity contribution in [2.24, 2.45) is 5.92 Å². The first-order valence-corrected chi connectivity index (χ1v) is 11.6. The van der Waals surface area contributed by atoms with Crippen molar-refractivity contribution in [2.75, 3.05) is 6.26 Å². The molecule has 2 fully saturated rings. The normalized spacial score (nSPS) is 30.4. The van der Waals surface area contributed by atoms with Crippen LogP contribution in [-0.4, -0.2) is 30.5 Å². The van der Waals surface area contributed by atoms with E-state index in [9.17, 15) is 21.6 Å². The first-order valence-electron chi connectivity index (χ1n) is 9.67. The highest BCUT2D eigenvalue weighted by Gasteiger charge is 2.38. The summed E-state index contributed by atoms with van der Waals surface area (Å²) in [6, 6.07) is 0.988. The SMILES string of the molecule is CC1CCC(c2cc(C(F)(F)F)nn2C2CCC(NS(C)(=O)=O)CC2)CC1. The molecule has 2 saturated carbocycles. The zero-order valence-electron chi connectivity index (χ0n) is 15.8. The van der Waals surface area contributed by atoms with Crippen molar-refractivity contribution in [1.29, 1.82) is 0 Å². The summed E-state index contributed by atoms with van der Waals surface area (Å²) in [7, 11) is -3.27. The van der Waals surface area contributed by atoms with E-state index < -0.39 is 21.9 Å². The average Bonchev–Trinajstić information content (AvgIpc) is 3.00. The summed E-state index contributed by atoms with van der Waals surface area (Å²) in [6.07, 6.45) is 3.01. The van der Waals surface area contributed by atoms with Gasteiger partial charge in [0.2, 0.25) is 10.0 Å². The monoisotopic (exact) mass is 407 g/mol. The van der Waals surface area contributed by atoms with Gasteiger partial charge in [0.25, 0.3) is 0 Å². The van der Waals surface area contributed by atoms with Crippen LogP contribution in [0.2, 0.25) is 0 Å². The lowest BCUT2D eigenvalue weighted by Crippen LogP contribution is -2.37. The molecular formula is C18H28F3N3O2S. The van der Waals surface area contributed by atoms with Crippen molar-refractivity contribution in [1.82, 2.24) is 14.5 Å². The summed E-state index contributed by atoms with van der Waals surface area (Å²) in [6.45, 7) is 2.19. The van der Waals surface area contributed by atoms with E-state index in [-0.39, 0.29) is 18.0 Å². The lowest BCUT2D eigenvalue weighted by Gasteiger charge is -2.32. The molecule has 154 valence electrons. The number of hydrogen-bond donors (Lipinski definition) is 1. The first kappa shape index (κ1) is 20.6. The molecule has 1 N–H and O–H groups in total. The van der Waals surface area contributed by atoms with Crippen LogP contribution in [0, 0.1) is 5.92 Å². The predicted molar refractivity (Wildman–Crippen MR) is 96.9 cm³/mol. The van der Waals surface area contributed by atoms with Crippen LogP contribution >= 0.6 is 0 Å². The summed E-state index contributed by atoms with van der Waals surface area (Å²) in [4.78, 5) is 0. The van der Waals surface area contributed by atoms with E-state index in [1.54, 1.807) is 4.68 Å². The van der Waals surface area contributed by atoms with E-state index in [1.165, 1.54) is 6.07 Å². The molecule has 0 bridgehead atoms. The van der Waals surface area contributed by atoms with Gasteiger partial charge in [0.1, 0.15) is 0 Å². The van der Waals surface area contributed by atoms with E-state index >= 15 is 0 Å². The Morgan fingerprint density at radius 1 is 1.07 bits per heavy atom. The number of halogens is 3. The molecule has 1 aromatic rings. The van der Waals surface area contributed by atoms with Crippen molar-refractivity contribution in [2.45, 2.75) is 82.5 Å². The topological polar surface area (TPSA) is 64.0 Å². The molecule has 3 rings (SSSR count). The second-order valence-electron chi connectivity index (χ2n) is 8.25. The minimum absolute atomic E-state index is 0.104. The highest BCUT2D eigenvalue weighted by atomic mass is 32.2. The molecular weight excluding hydrogens is 379 g/mol. The number of hydrogen-bond acceptors (Lipinski definition) is 3. The highest BCUT2D eigenvalue weighted by molar-refractivity contribution is 7.88. The number of nitrogens with one attached hydrogen (secondary N) is 1. The van der Waals surface area contributed by atoms with Crippen LogP contribution in [-0.2, 0) is 16.2 Å². The molecule has 0 aliphatic heterocycles. The molecule has 0 aromatic carbocycles. The Bertz CT molecular complexity index is 744. The van der Waals surface area contributed by atoms with Crippen LogP contribution < -0.4 is 4.72 Å². The number of sulfonamides is 1. The summed E-state index contributed by atoms with van der Waals surface area (Å²) in [5.41, 5.74) is -0.110. The molecule has 0 atom stereocenters. The smallest absolute Gasteiger partial charge is 0.266 e. The van der Waals surface area contributed by atoms with Gasteiger partial charge in [0.15, 0.2) is 5.69 Å². The molecule has 1 aromatic heterocycles. The van der Waals surface area contributed by atoms with E-state index in [1.807, 2.05) is 0 Å². The minimum Gasteiger partial charge on any atom is -0.266 e. The maximum Gasteiger partial charge on any atom is 0.435 e. The molecule has 5 nitrogen and oxygen atoms in total. The highest BCUT2D eigenvalue weighted by Crippen LogP contribution is 2.41. The lowest BCUT2D eigenvalue weighted by atomic mass is 9.81. The van der Waals surface area contributed by atoms with Gasteiger partial charge in [0, 0.05) is 17.7 Å². The Morgan fingerprint density at radius 3 is 2.19 bits per heavy atom. The molecule has 9 heteroatoms. The van der Waals surface area contributed by atoms with Gasteiger partial charge in [-0.2, -0.15) is 18.3 Å². The van der Waals surface area contributed by atoms with Crippen LogP contribution in [0.3, 0.4) is 0 Å². The number of alkyl halides is 3. The van der Waals surface area contributed by atoms with Gasteiger partial charge in [-0.3, -0.25) is 4.68 Å². The summed E-state index contributed by atoms with van der Waals surface area (Å²) >= 11 is 0. The van der Waals surface area contributed by atoms with Crippen molar-refractivity contribution >= 4 is 10.0 Å². The van der Waals surface area contributed by atoms with Crippen LogP contribution in [0.4, 0.5) is 13.2 Å². The van der Waals surface area contributed by atoms with Crippen molar-refractivity contribution in [3.63, 3.8) is 0 Å². The zero-order valence-corrected chi connectivity index (χ0v) is 16.6. The molecule has 0 amide bonds. The average molecular weight is 408 g/mol. The van der Waals surface area contributed by atoms with E-state index in [0.717, 1.165) is 31.9 Å². The fourth-order valence-electron chi connectivity index (χ4n) is 4.44. The summed E-state index contributed by atoms with van der Waals surface area (Å²) < 4.78 is 66.8. The van der Waals surface area contributed by atoms with Crippen molar-refractivity contribution < 1.29 is 21.6 Å². The maximum atomic E-state index is 13.3. The molecule has 1 heterocycles. The van der Waals surface area contributed by atoms with E-state index in [2.05, 4.69) is 16.7 Å². The third kappa shape index (κ3) is 5.25. The van der Waals surface area contributed by atoms with Gasteiger partial charge in [-0.15, -0.1) is 0 Å². The quantitative estimate of drug-likeness (QED) is 0.812. The second kappa shape index (κ2) is 7.73. The van der Waals surface area contributed by atoms with Gasteiger partial charge in [-0.05, 0) is 50.5 Å². The first-order chi connectivity index (χ1) is 12.5. The van der Waals surface area contributed by atoms with E-state index in [4.69, 9.17) is 0 Å². The lowest BCUT2D eigenvalue weighted by molar-refractivity contribution is -0.141. The molecule has 0 radical (unpaired) electrons. The maximum absolute atomic E-state index is 13.3. The second-order valence-corrected chi connectivity index (χ2v) is 10.0. The van der Waals surface area contributed by atoms with Crippen LogP contribution in [0.15, 0.2) is 6.07 Å². The molecule has 0 unspecified atom stereocenters. The Hall–Kier alpha value is -1.09. The van der Waals surface area contributed by atoms with Gasteiger partial charge >= 0.3 is 6.18 Å². The summed E-state index contributed by atoms with van der Waals surface area (Å²) in [5, 5.41) is 3.95. The largest absolute Gasteiger partial charge is 0.435 e. The van der Waals surface area contributed by atoms with Crippen molar-refractivity contribution in [3.8, 4) is 0 Å². The molecule has 2 aliphatic rings. The van der Waals surface area contributed by atoms with Crippen LogP contribution in [0.25, 0.3) is 0 Å². The fourth-order valence-corrected chi connectivity index (χ4v) is 5.28. The van der Waals surface area contributed by atoms with Gasteiger partial charge in [-0.1, -0.05) is 19.8 Å². The fraction of sp³-hybridized carbons (Fsp3) is 0.833. The van der Waals surface area contributed by atoms with Gasteiger partial charge in [-0.25, -0.2) is 13.1 Å². The molecule has 0 spiro atoms. The Kier molecular flexibility index (Phi) is 5.91. The Morgan fingerprint density at radius 2 is 1.67 bits per heavy atom. The minimum atomic E-state index is -4.45. The van der Waals surface area contributed by atoms with Gasteiger partial charge < -0.3 is 0 Å².